The van der Waals surface area contributed by atoms with E-state index in [1.165, 1.54) is 0 Å². The van der Waals surface area contributed by atoms with Crippen molar-refractivity contribution < 1.29 is 9.59 Å². The van der Waals surface area contributed by atoms with Crippen molar-refractivity contribution in [1.82, 2.24) is 4.90 Å². The first kappa shape index (κ1) is 15.3. The summed E-state index contributed by atoms with van der Waals surface area (Å²) in [5.41, 5.74) is 3.78. The molecule has 3 rings (SSSR count). The number of amides is 2. The van der Waals surface area contributed by atoms with Gasteiger partial charge in [-0.1, -0.05) is 30.3 Å². The molecule has 0 atom stereocenters. The van der Waals surface area contributed by atoms with Crippen LogP contribution in [0, 0.1) is 0 Å². The minimum Gasteiger partial charge on any atom is -0.337 e. The van der Waals surface area contributed by atoms with E-state index < -0.39 is 0 Å². The highest BCUT2D eigenvalue weighted by Crippen LogP contribution is 2.29. The van der Waals surface area contributed by atoms with E-state index in [0.29, 0.717) is 18.7 Å². The molecular formula is C19H20N2O2. The van der Waals surface area contributed by atoms with Gasteiger partial charge in [0.15, 0.2) is 0 Å². The molecule has 0 N–H and O–H groups in total. The maximum Gasteiger partial charge on any atom is 0.253 e. The summed E-state index contributed by atoms with van der Waals surface area (Å²) in [6.45, 7) is 2.85. The summed E-state index contributed by atoms with van der Waals surface area (Å²) >= 11 is 0. The van der Waals surface area contributed by atoms with Crippen molar-refractivity contribution in [3.63, 3.8) is 0 Å². The largest absolute Gasteiger partial charge is 0.337 e. The van der Waals surface area contributed by atoms with E-state index in [2.05, 4.69) is 0 Å². The van der Waals surface area contributed by atoms with E-state index in [1.807, 2.05) is 55.6 Å². The van der Waals surface area contributed by atoms with Crippen molar-refractivity contribution in [2.75, 3.05) is 18.5 Å². The van der Waals surface area contributed by atoms with Crippen molar-refractivity contribution in [3.8, 4) is 0 Å². The first-order valence-corrected chi connectivity index (χ1v) is 7.76. The van der Waals surface area contributed by atoms with E-state index >= 15 is 0 Å². The number of benzene rings is 2. The number of carbonyl (C=O) groups excluding carboxylic acids is 2. The van der Waals surface area contributed by atoms with E-state index in [9.17, 15) is 9.59 Å². The van der Waals surface area contributed by atoms with Crippen molar-refractivity contribution in [1.29, 1.82) is 0 Å². The molecule has 0 bridgehead atoms. The first-order chi connectivity index (χ1) is 11.1. The molecule has 0 fully saturated rings. The van der Waals surface area contributed by atoms with Crippen LogP contribution in [0.5, 0.6) is 0 Å². The third-order valence-corrected chi connectivity index (χ3v) is 4.21. The van der Waals surface area contributed by atoms with Crippen LogP contribution in [0.2, 0.25) is 0 Å². The summed E-state index contributed by atoms with van der Waals surface area (Å²) in [5, 5.41) is 0. The highest BCUT2D eigenvalue weighted by Gasteiger charge is 2.23. The Kier molecular flexibility index (Phi) is 4.15. The lowest BCUT2D eigenvalue weighted by molar-refractivity contribution is -0.116. The summed E-state index contributed by atoms with van der Waals surface area (Å²) in [5.74, 6) is 0.0435. The van der Waals surface area contributed by atoms with Crippen molar-refractivity contribution in [3.05, 3.63) is 65.2 Å². The summed E-state index contributed by atoms with van der Waals surface area (Å²) < 4.78 is 0. The van der Waals surface area contributed by atoms with E-state index in [1.54, 1.807) is 16.7 Å². The quantitative estimate of drug-likeness (QED) is 0.875. The smallest absolute Gasteiger partial charge is 0.253 e. The average molecular weight is 308 g/mol. The van der Waals surface area contributed by atoms with Gasteiger partial charge in [0.25, 0.3) is 5.91 Å². The van der Waals surface area contributed by atoms with Crippen LogP contribution in [0.15, 0.2) is 48.5 Å². The molecule has 0 aliphatic carbocycles. The number of nitrogens with zero attached hydrogens (tertiary/aromatic N) is 2. The van der Waals surface area contributed by atoms with Crippen LogP contribution >= 0.6 is 0 Å². The molecule has 4 nitrogen and oxygen atoms in total. The van der Waals surface area contributed by atoms with Gasteiger partial charge >= 0.3 is 0 Å². The fraction of sp³-hybridized carbons (Fsp3) is 0.263. The molecule has 0 saturated heterocycles. The van der Waals surface area contributed by atoms with Gasteiger partial charge in [-0.05, 0) is 35.7 Å². The van der Waals surface area contributed by atoms with Crippen LogP contribution in [-0.2, 0) is 17.8 Å². The minimum absolute atomic E-state index is 0.00192. The van der Waals surface area contributed by atoms with E-state index in [-0.39, 0.29) is 11.8 Å². The molecule has 2 aromatic carbocycles. The second-order valence-electron chi connectivity index (χ2n) is 5.91. The fourth-order valence-electron chi connectivity index (χ4n) is 3.01. The van der Waals surface area contributed by atoms with Gasteiger partial charge in [0.1, 0.15) is 0 Å². The van der Waals surface area contributed by atoms with Gasteiger partial charge in [-0.25, -0.2) is 0 Å². The van der Waals surface area contributed by atoms with E-state index in [4.69, 9.17) is 0 Å². The fourth-order valence-corrected chi connectivity index (χ4v) is 3.01. The van der Waals surface area contributed by atoms with Gasteiger partial charge < -0.3 is 9.80 Å². The van der Waals surface area contributed by atoms with Crippen LogP contribution in [0.4, 0.5) is 5.69 Å². The van der Waals surface area contributed by atoms with Gasteiger partial charge in [-0.15, -0.1) is 0 Å². The van der Waals surface area contributed by atoms with Gasteiger partial charge in [-0.2, -0.15) is 0 Å². The first-order valence-electron chi connectivity index (χ1n) is 7.76. The zero-order chi connectivity index (χ0) is 16.4. The van der Waals surface area contributed by atoms with Crippen LogP contribution in [0.3, 0.4) is 0 Å². The molecular weight excluding hydrogens is 288 g/mol. The predicted octanol–water partition coefficient (Wildman–Crippen LogP) is 2.87. The second kappa shape index (κ2) is 6.24. The van der Waals surface area contributed by atoms with Gasteiger partial charge in [0.2, 0.25) is 5.91 Å². The molecule has 1 aliphatic rings. The van der Waals surface area contributed by atoms with E-state index in [0.717, 1.165) is 23.2 Å². The highest BCUT2D eigenvalue weighted by molar-refractivity contribution is 5.97. The molecule has 23 heavy (non-hydrogen) atoms. The molecule has 0 unspecified atom stereocenters. The molecule has 2 aromatic rings. The zero-order valence-electron chi connectivity index (χ0n) is 13.5. The second-order valence-corrected chi connectivity index (χ2v) is 5.91. The normalized spacial score (nSPS) is 12.9. The van der Waals surface area contributed by atoms with Crippen molar-refractivity contribution >= 4 is 17.5 Å². The molecule has 118 valence electrons. The molecule has 1 aliphatic heterocycles. The number of hydrogen-bond acceptors (Lipinski definition) is 2. The SMILES string of the molecule is CC(=O)N1CCc2cc(C(=O)N(C)Cc3ccccc3)ccc21. The third-order valence-electron chi connectivity index (χ3n) is 4.21. The van der Waals surface area contributed by atoms with Crippen LogP contribution < -0.4 is 4.90 Å². The standard InChI is InChI=1S/C19H20N2O2/c1-14(22)21-11-10-16-12-17(8-9-18(16)21)19(23)20(2)13-15-6-4-3-5-7-15/h3-9,12H,10-11,13H2,1-2H3. The number of fused-ring (bicyclic) bond motifs is 1. The Morgan fingerprint density at radius 2 is 1.87 bits per heavy atom. The number of carbonyl (C=O) groups is 2. The third kappa shape index (κ3) is 3.11. The lowest BCUT2D eigenvalue weighted by Crippen LogP contribution is -2.27. The van der Waals surface area contributed by atoms with Crippen LogP contribution in [0.1, 0.15) is 28.4 Å². The Morgan fingerprint density at radius 1 is 1.13 bits per heavy atom. The van der Waals surface area contributed by atoms with Crippen LogP contribution in [0.25, 0.3) is 0 Å². The molecule has 0 spiro atoms. The zero-order valence-corrected chi connectivity index (χ0v) is 13.5. The predicted molar refractivity (Wildman–Crippen MR) is 90.4 cm³/mol. The number of hydrogen-bond donors (Lipinski definition) is 0. The summed E-state index contributed by atoms with van der Waals surface area (Å²) in [7, 11) is 1.81. The van der Waals surface area contributed by atoms with Gasteiger partial charge in [0.05, 0.1) is 0 Å². The average Bonchev–Trinajstić information content (AvgIpc) is 2.98. The highest BCUT2D eigenvalue weighted by atomic mass is 16.2. The molecule has 1 heterocycles. The summed E-state index contributed by atoms with van der Waals surface area (Å²) in [6, 6.07) is 15.5. The Balaban J connectivity index is 1.77. The topological polar surface area (TPSA) is 40.6 Å². The minimum atomic E-state index is -0.00192. The number of rotatable bonds is 3. The maximum absolute atomic E-state index is 12.6. The summed E-state index contributed by atoms with van der Waals surface area (Å²) in [4.78, 5) is 27.7. The molecule has 4 heteroatoms. The van der Waals surface area contributed by atoms with Crippen molar-refractivity contribution in [2.45, 2.75) is 19.9 Å². The Bertz CT molecular complexity index is 740. The lowest BCUT2D eigenvalue weighted by atomic mass is 10.1. The molecule has 2 amide bonds. The Hall–Kier alpha value is -2.62. The Morgan fingerprint density at radius 3 is 2.57 bits per heavy atom. The molecule has 0 aromatic heterocycles. The molecule has 0 radical (unpaired) electrons. The molecule has 0 saturated carbocycles. The number of anilines is 1. The maximum atomic E-state index is 12.6. The van der Waals surface area contributed by atoms with Crippen molar-refractivity contribution in [2.24, 2.45) is 0 Å². The van der Waals surface area contributed by atoms with Gasteiger partial charge in [0, 0.05) is 38.3 Å². The van der Waals surface area contributed by atoms with Crippen LogP contribution in [-0.4, -0.2) is 30.3 Å². The monoisotopic (exact) mass is 308 g/mol. The Labute approximate surface area is 136 Å². The van der Waals surface area contributed by atoms with Gasteiger partial charge in [-0.3, -0.25) is 9.59 Å². The summed E-state index contributed by atoms with van der Waals surface area (Å²) in [6.07, 6.45) is 0.804. The lowest BCUT2D eigenvalue weighted by Gasteiger charge is -2.18.